The second-order valence-electron chi connectivity index (χ2n) is 7.08. The monoisotopic (exact) mass is 382 g/mol. The Kier molecular flexibility index (Phi) is 4.93. The topological polar surface area (TPSA) is 66.6 Å². The lowest BCUT2D eigenvalue weighted by atomic mass is 10.1. The van der Waals surface area contributed by atoms with Crippen LogP contribution in [-0.2, 0) is 11.2 Å². The van der Waals surface area contributed by atoms with Gasteiger partial charge in [0, 0.05) is 49.7 Å². The lowest BCUT2D eigenvalue weighted by Crippen LogP contribution is -2.48. The van der Waals surface area contributed by atoms with Gasteiger partial charge >= 0.3 is 0 Å². The van der Waals surface area contributed by atoms with Crippen LogP contribution in [0.25, 0.3) is 5.78 Å². The predicted molar refractivity (Wildman–Crippen MR) is 104 cm³/mol. The number of amides is 1. The zero-order chi connectivity index (χ0) is 19.7. The first-order valence-corrected chi connectivity index (χ1v) is 9.47. The van der Waals surface area contributed by atoms with Crippen LogP contribution in [0.1, 0.15) is 23.4 Å². The van der Waals surface area contributed by atoms with E-state index in [1.54, 1.807) is 16.6 Å². The molecule has 3 heterocycles. The quantitative estimate of drug-likeness (QED) is 0.692. The number of nitrogens with zero attached hydrogens (tertiary/aromatic N) is 6. The van der Waals surface area contributed by atoms with E-state index in [2.05, 4.69) is 20.0 Å². The van der Waals surface area contributed by atoms with Gasteiger partial charge in [0.1, 0.15) is 12.1 Å². The standard InChI is InChI=1S/C20H23FN6O/c1-14-18(15(2)27-20(24-14)22-13-23-27)7-8-19(28)26-11-9-25(10-12-26)17-5-3-16(21)4-6-17/h3-6,13H,7-12H2,1-2H3. The minimum absolute atomic E-state index is 0.149. The SMILES string of the molecule is Cc1nc2ncnn2c(C)c1CCC(=O)N1CCN(c2ccc(F)cc2)CC1. The van der Waals surface area contributed by atoms with Crippen LogP contribution >= 0.6 is 0 Å². The van der Waals surface area contributed by atoms with Gasteiger partial charge in [-0.3, -0.25) is 4.79 Å². The molecule has 0 aliphatic carbocycles. The number of aryl methyl sites for hydroxylation is 2. The highest BCUT2D eigenvalue weighted by Gasteiger charge is 2.22. The molecule has 146 valence electrons. The maximum absolute atomic E-state index is 13.1. The third-order valence-corrected chi connectivity index (χ3v) is 5.40. The smallest absolute Gasteiger partial charge is 0.252 e. The van der Waals surface area contributed by atoms with Crippen LogP contribution in [0.3, 0.4) is 0 Å². The van der Waals surface area contributed by atoms with E-state index in [-0.39, 0.29) is 11.7 Å². The second kappa shape index (κ2) is 7.53. The van der Waals surface area contributed by atoms with Crippen LogP contribution in [0, 0.1) is 19.7 Å². The van der Waals surface area contributed by atoms with Crippen molar-refractivity contribution in [1.29, 1.82) is 0 Å². The number of hydrogen-bond donors (Lipinski definition) is 0. The van der Waals surface area contributed by atoms with E-state index in [1.165, 1.54) is 18.5 Å². The lowest BCUT2D eigenvalue weighted by Gasteiger charge is -2.36. The molecule has 0 bridgehead atoms. The normalized spacial score (nSPS) is 14.7. The molecular formula is C20H23FN6O. The summed E-state index contributed by atoms with van der Waals surface area (Å²) in [5.41, 5.74) is 3.92. The molecule has 28 heavy (non-hydrogen) atoms. The second-order valence-corrected chi connectivity index (χ2v) is 7.08. The Morgan fingerprint density at radius 2 is 1.82 bits per heavy atom. The molecule has 3 aromatic rings. The Morgan fingerprint density at radius 3 is 2.54 bits per heavy atom. The van der Waals surface area contributed by atoms with Crippen molar-refractivity contribution < 1.29 is 9.18 Å². The largest absolute Gasteiger partial charge is 0.368 e. The molecule has 2 aromatic heterocycles. The number of carbonyl (C=O) groups is 1. The van der Waals surface area contributed by atoms with E-state index in [4.69, 9.17) is 0 Å². The number of fused-ring (bicyclic) bond motifs is 1. The van der Waals surface area contributed by atoms with Gasteiger partial charge in [-0.2, -0.15) is 10.1 Å². The molecule has 0 spiro atoms. The number of halogens is 1. The Bertz CT molecular complexity index is 992. The molecule has 1 fully saturated rings. The number of hydrogen-bond acceptors (Lipinski definition) is 5. The van der Waals surface area contributed by atoms with Gasteiger partial charge in [-0.25, -0.2) is 13.9 Å². The summed E-state index contributed by atoms with van der Waals surface area (Å²) < 4.78 is 14.8. The third-order valence-electron chi connectivity index (χ3n) is 5.40. The average Bonchev–Trinajstić information content (AvgIpc) is 3.17. The van der Waals surface area contributed by atoms with Crippen LogP contribution < -0.4 is 4.90 Å². The lowest BCUT2D eigenvalue weighted by molar-refractivity contribution is -0.131. The summed E-state index contributed by atoms with van der Waals surface area (Å²) in [5, 5.41) is 4.20. The van der Waals surface area contributed by atoms with Gasteiger partial charge in [0.2, 0.25) is 5.91 Å². The summed E-state index contributed by atoms with van der Waals surface area (Å²) in [6, 6.07) is 6.51. The summed E-state index contributed by atoms with van der Waals surface area (Å²) in [4.78, 5) is 25.4. The molecule has 7 nitrogen and oxygen atoms in total. The molecule has 1 aromatic carbocycles. The molecule has 1 aliphatic heterocycles. The van der Waals surface area contributed by atoms with Crippen molar-refractivity contribution in [3.63, 3.8) is 0 Å². The van der Waals surface area contributed by atoms with Crippen LogP contribution in [0.4, 0.5) is 10.1 Å². The van der Waals surface area contributed by atoms with Crippen LogP contribution in [0.15, 0.2) is 30.6 Å². The van der Waals surface area contributed by atoms with Gasteiger partial charge in [0.15, 0.2) is 0 Å². The molecule has 0 unspecified atom stereocenters. The van der Waals surface area contributed by atoms with Crippen molar-refractivity contribution in [2.24, 2.45) is 0 Å². The molecule has 0 atom stereocenters. The van der Waals surface area contributed by atoms with E-state index in [0.717, 1.165) is 35.7 Å². The highest BCUT2D eigenvalue weighted by Crippen LogP contribution is 2.19. The Labute approximate surface area is 162 Å². The number of carbonyl (C=O) groups excluding carboxylic acids is 1. The minimum Gasteiger partial charge on any atom is -0.368 e. The molecule has 0 N–H and O–H groups in total. The summed E-state index contributed by atoms with van der Waals surface area (Å²) in [5.74, 6) is 0.500. The van der Waals surface area contributed by atoms with Gasteiger partial charge in [0.05, 0.1) is 0 Å². The third kappa shape index (κ3) is 3.54. The van der Waals surface area contributed by atoms with Crippen molar-refractivity contribution in [2.75, 3.05) is 31.1 Å². The van der Waals surface area contributed by atoms with E-state index in [1.807, 2.05) is 18.7 Å². The van der Waals surface area contributed by atoms with Crippen molar-refractivity contribution >= 4 is 17.4 Å². The predicted octanol–water partition coefficient (Wildman–Crippen LogP) is 2.16. The van der Waals surface area contributed by atoms with Gasteiger partial charge < -0.3 is 9.80 Å². The Hall–Kier alpha value is -3.03. The van der Waals surface area contributed by atoms with Crippen molar-refractivity contribution in [3.05, 3.63) is 53.4 Å². The first-order chi connectivity index (χ1) is 13.5. The molecule has 1 aliphatic rings. The molecule has 0 saturated carbocycles. The zero-order valence-electron chi connectivity index (χ0n) is 16.1. The first kappa shape index (κ1) is 18.3. The van der Waals surface area contributed by atoms with Gasteiger partial charge in [0.25, 0.3) is 5.78 Å². The maximum Gasteiger partial charge on any atom is 0.252 e. The van der Waals surface area contributed by atoms with Crippen molar-refractivity contribution in [3.8, 4) is 0 Å². The maximum atomic E-state index is 13.1. The van der Waals surface area contributed by atoms with Crippen molar-refractivity contribution in [1.82, 2.24) is 24.5 Å². The zero-order valence-corrected chi connectivity index (χ0v) is 16.1. The number of anilines is 1. The van der Waals surface area contributed by atoms with E-state index < -0.39 is 0 Å². The minimum atomic E-state index is -0.235. The van der Waals surface area contributed by atoms with Gasteiger partial charge in [-0.15, -0.1) is 0 Å². The fourth-order valence-electron chi connectivity index (χ4n) is 3.77. The fraction of sp³-hybridized carbons (Fsp3) is 0.400. The summed E-state index contributed by atoms with van der Waals surface area (Å²) in [7, 11) is 0. The highest BCUT2D eigenvalue weighted by atomic mass is 19.1. The molecular weight excluding hydrogens is 359 g/mol. The van der Waals surface area contributed by atoms with Gasteiger partial charge in [-0.1, -0.05) is 0 Å². The first-order valence-electron chi connectivity index (χ1n) is 9.47. The summed E-state index contributed by atoms with van der Waals surface area (Å²) in [6.45, 7) is 6.79. The highest BCUT2D eigenvalue weighted by molar-refractivity contribution is 5.77. The van der Waals surface area contributed by atoms with Crippen molar-refractivity contribution in [2.45, 2.75) is 26.7 Å². The average molecular weight is 382 g/mol. The molecule has 8 heteroatoms. The molecule has 1 amide bonds. The fourth-order valence-corrected chi connectivity index (χ4v) is 3.77. The number of benzene rings is 1. The number of aromatic nitrogens is 4. The Balaban J connectivity index is 1.36. The van der Waals surface area contributed by atoms with Crippen LogP contribution in [-0.4, -0.2) is 56.6 Å². The van der Waals surface area contributed by atoms with E-state index in [9.17, 15) is 9.18 Å². The van der Waals surface area contributed by atoms with Crippen LogP contribution in [0.2, 0.25) is 0 Å². The molecule has 0 radical (unpaired) electrons. The Morgan fingerprint density at radius 1 is 1.11 bits per heavy atom. The number of piperazine rings is 1. The molecule has 1 saturated heterocycles. The van der Waals surface area contributed by atoms with Gasteiger partial charge in [-0.05, 0) is 50.1 Å². The van der Waals surface area contributed by atoms with E-state index in [0.29, 0.717) is 31.7 Å². The van der Waals surface area contributed by atoms with Crippen LogP contribution in [0.5, 0.6) is 0 Å². The van der Waals surface area contributed by atoms with E-state index >= 15 is 0 Å². The summed E-state index contributed by atoms with van der Waals surface area (Å²) >= 11 is 0. The number of rotatable bonds is 4. The molecule has 4 rings (SSSR count). The summed E-state index contributed by atoms with van der Waals surface area (Å²) in [6.07, 6.45) is 2.57.